The molecule has 1 rings (SSSR count). The first-order valence-corrected chi connectivity index (χ1v) is 6.51. The zero-order chi connectivity index (χ0) is 10.9. The SMILES string of the molecule is CCNC(=S)NCCSCc1ccco1. The van der Waals surface area contributed by atoms with E-state index in [1.165, 1.54) is 0 Å². The minimum Gasteiger partial charge on any atom is -0.468 e. The van der Waals surface area contributed by atoms with Crippen molar-refractivity contribution >= 4 is 29.1 Å². The van der Waals surface area contributed by atoms with Crippen molar-refractivity contribution in [3.05, 3.63) is 24.2 Å². The molecule has 0 saturated heterocycles. The summed E-state index contributed by atoms with van der Waals surface area (Å²) in [5, 5.41) is 6.91. The van der Waals surface area contributed by atoms with Crippen LogP contribution in [-0.2, 0) is 5.75 Å². The maximum atomic E-state index is 5.22. The van der Waals surface area contributed by atoms with E-state index in [0.29, 0.717) is 0 Å². The molecule has 0 saturated carbocycles. The van der Waals surface area contributed by atoms with Gasteiger partial charge in [-0.05, 0) is 31.3 Å². The van der Waals surface area contributed by atoms with Gasteiger partial charge in [0.25, 0.3) is 0 Å². The predicted octanol–water partition coefficient (Wildman–Crippen LogP) is 2.00. The summed E-state index contributed by atoms with van der Waals surface area (Å²) in [7, 11) is 0. The molecule has 15 heavy (non-hydrogen) atoms. The number of hydrogen-bond donors (Lipinski definition) is 2. The Labute approximate surface area is 100.0 Å². The fourth-order valence-electron chi connectivity index (χ4n) is 1.03. The second-order valence-electron chi connectivity index (χ2n) is 2.92. The lowest BCUT2D eigenvalue weighted by Crippen LogP contribution is -2.36. The van der Waals surface area contributed by atoms with Gasteiger partial charge in [-0.3, -0.25) is 0 Å². The van der Waals surface area contributed by atoms with Crippen LogP contribution in [0, 0.1) is 0 Å². The molecule has 84 valence electrons. The van der Waals surface area contributed by atoms with Crippen LogP contribution in [0.2, 0.25) is 0 Å². The summed E-state index contributed by atoms with van der Waals surface area (Å²) in [5.74, 6) is 2.96. The molecule has 2 N–H and O–H groups in total. The summed E-state index contributed by atoms with van der Waals surface area (Å²) >= 11 is 6.86. The van der Waals surface area contributed by atoms with Crippen molar-refractivity contribution in [2.75, 3.05) is 18.8 Å². The van der Waals surface area contributed by atoms with Crippen LogP contribution in [0.25, 0.3) is 0 Å². The predicted molar refractivity (Wildman–Crippen MR) is 69.1 cm³/mol. The third kappa shape index (κ3) is 5.69. The highest BCUT2D eigenvalue weighted by atomic mass is 32.2. The molecular weight excluding hydrogens is 228 g/mol. The Morgan fingerprint density at radius 3 is 3.07 bits per heavy atom. The topological polar surface area (TPSA) is 37.2 Å². The quantitative estimate of drug-likeness (QED) is 0.591. The average Bonchev–Trinajstić information content (AvgIpc) is 2.70. The number of furan rings is 1. The smallest absolute Gasteiger partial charge is 0.166 e. The minimum absolute atomic E-state index is 0.732. The minimum atomic E-state index is 0.732. The van der Waals surface area contributed by atoms with Crippen LogP contribution in [0.1, 0.15) is 12.7 Å². The van der Waals surface area contributed by atoms with Crippen LogP contribution < -0.4 is 10.6 Å². The van der Waals surface area contributed by atoms with E-state index < -0.39 is 0 Å². The molecule has 0 unspecified atom stereocenters. The maximum absolute atomic E-state index is 5.22. The largest absolute Gasteiger partial charge is 0.468 e. The lowest BCUT2D eigenvalue weighted by Gasteiger charge is -2.07. The fourth-order valence-corrected chi connectivity index (χ4v) is 2.03. The van der Waals surface area contributed by atoms with Gasteiger partial charge < -0.3 is 15.1 Å². The molecule has 0 radical (unpaired) electrons. The van der Waals surface area contributed by atoms with Gasteiger partial charge in [0.2, 0.25) is 0 Å². The van der Waals surface area contributed by atoms with E-state index in [-0.39, 0.29) is 0 Å². The Bertz CT molecular complexity index is 275. The lowest BCUT2D eigenvalue weighted by molar-refractivity contribution is 0.530. The van der Waals surface area contributed by atoms with Crippen molar-refractivity contribution in [1.29, 1.82) is 0 Å². The molecule has 5 heteroatoms. The molecule has 3 nitrogen and oxygen atoms in total. The Kier molecular flexibility index (Phi) is 6.27. The van der Waals surface area contributed by atoms with Crippen LogP contribution in [0.3, 0.4) is 0 Å². The third-order valence-corrected chi connectivity index (χ3v) is 2.96. The van der Waals surface area contributed by atoms with Gasteiger partial charge >= 0.3 is 0 Å². The van der Waals surface area contributed by atoms with Gasteiger partial charge in [0.1, 0.15) is 5.76 Å². The Balaban J connectivity index is 1.95. The van der Waals surface area contributed by atoms with E-state index in [1.54, 1.807) is 6.26 Å². The van der Waals surface area contributed by atoms with Gasteiger partial charge in [-0.15, -0.1) is 0 Å². The van der Waals surface area contributed by atoms with Crippen molar-refractivity contribution < 1.29 is 4.42 Å². The van der Waals surface area contributed by atoms with E-state index in [4.69, 9.17) is 16.6 Å². The maximum Gasteiger partial charge on any atom is 0.166 e. The molecule has 1 heterocycles. The van der Waals surface area contributed by atoms with Gasteiger partial charge in [0, 0.05) is 18.8 Å². The van der Waals surface area contributed by atoms with Crippen LogP contribution >= 0.6 is 24.0 Å². The fraction of sp³-hybridized carbons (Fsp3) is 0.500. The molecule has 0 atom stereocenters. The highest BCUT2D eigenvalue weighted by Crippen LogP contribution is 2.11. The number of rotatable bonds is 6. The average molecular weight is 244 g/mol. The summed E-state index contributed by atoms with van der Waals surface area (Å²) in [5.41, 5.74) is 0. The second kappa shape index (κ2) is 7.59. The summed E-state index contributed by atoms with van der Waals surface area (Å²) in [6.07, 6.45) is 1.70. The number of thioether (sulfide) groups is 1. The molecule has 0 amide bonds. The van der Waals surface area contributed by atoms with Crippen LogP contribution in [0.15, 0.2) is 22.8 Å². The van der Waals surface area contributed by atoms with Crippen LogP contribution in [0.5, 0.6) is 0 Å². The normalized spacial score (nSPS) is 9.93. The molecule has 0 fully saturated rings. The van der Waals surface area contributed by atoms with Gasteiger partial charge in [0.15, 0.2) is 5.11 Å². The molecule has 0 aliphatic carbocycles. The summed E-state index contributed by atoms with van der Waals surface area (Å²) in [6, 6.07) is 3.90. The second-order valence-corrected chi connectivity index (χ2v) is 4.43. The lowest BCUT2D eigenvalue weighted by atomic mass is 10.5. The zero-order valence-corrected chi connectivity index (χ0v) is 10.4. The molecular formula is C10H16N2OS2. The van der Waals surface area contributed by atoms with Gasteiger partial charge in [-0.1, -0.05) is 0 Å². The van der Waals surface area contributed by atoms with Gasteiger partial charge in [-0.2, -0.15) is 11.8 Å². The van der Waals surface area contributed by atoms with Gasteiger partial charge in [-0.25, -0.2) is 0 Å². The third-order valence-electron chi connectivity index (χ3n) is 1.69. The first kappa shape index (κ1) is 12.4. The van der Waals surface area contributed by atoms with E-state index in [0.717, 1.165) is 35.5 Å². The molecule has 0 bridgehead atoms. The van der Waals surface area contributed by atoms with E-state index in [9.17, 15) is 0 Å². The summed E-state index contributed by atoms with van der Waals surface area (Å²) in [6.45, 7) is 3.78. The van der Waals surface area contributed by atoms with E-state index in [2.05, 4.69) is 10.6 Å². The van der Waals surface area contributed by atoms with Crippen molar-refractivity contribution in [3.8, 4) is 0 Å². The van der Waals surface area contributed by atoms with Crippen molar-refractivity contribution in [3.63, 3.8) is 0 Å². The molecule has 0 aliphatic rings. The standard InChI is InChI=1S/C10H16N2OS2/c1-2-11-10(14)12-5-7-15-8-9-4-3-6-13-9/h3-4,6H,2,5,7-8H2,1H3,(H2,11,12,14). The highest BCUT2D eigenvalue weighted by Gasteiger charge is 1.96. The molecule has 0 aromatic carbocycles. The number of hydrogen-bond acceptors (Lipinski definition) is 3. The Morgan fingerprint density at radius 1 is 1.53 bits per heavy atom. The van der Waals surface area contributed by atoms with Crippen LogP contribution in [0.4, 0.5) is 0 Å². The highest BCUT2D eigenvalue weighted by molar-refractivity contribution is 7.98. The monoisotopic (exact) mass is 244 g/mol. The summed E-state index contributed by atoms with van der Waals surface area (Å²) < 4.78 is 5.22. The molecule has 1 aromatic rings. The molecule has 0 aliphatic heterocycles. The number of thiocarbonyl (C=S) groups is 1. The molecule has 0 spiro atoms. The van der Waals surface area contributed by atoms with Gasteiger partial charge in [0.05, 0.1) is 12.0 Å². The Morgan fingerprint density at radius 2 is 2.40 bits per heavy atom. The van der Waals surface area contributed by atoms with E-state index in [1.807, 2.05) is 30.8 Å². The van der Waals surface area contributed by atoms with Crippen LogP contribution in [-0.4, -0.2) is 24.0 Å². The molecule has 1 aromatic heterocycles. The van der Waals surface area contributed by atoms with Crippen molar-refractivity contribution in [1.82, 2.24) is 10.6 Å². The summed E-state index contributed by atoms with van der Waals surface area (Å²) in [4.78, 5) is 0. The Hall–Kier alpha value is -0.680. The first-order valence-electron chi connectivity index (χ1n) is 4.94. The van der Waals surface area contributed by atoms with Crippen molar-refractivity contribution in [2.24, 2.45) is 0 Å². The first-order chi connectivity index (χ1) is 7.33. The van der Waals surface area contributed by atoms with Crippen molar-refractivity contribution in [2.45, 2.75) is 12.7 Å². The van der Waals surface area contributed by atoms with E-state index >= 15 is 0 Å². The number of nitrogens with one attached hydrogen (secondary N) is 2. The zero-order valence-electron chi connectivity index (χ0n) is 8.79.